The molecule has 0 unspecified atom stereocenters. The molecule has 0 aliphatic heterocycles. The Labute approximate surface area is 188 Å². The average Bonchev–Trinajstić information content (AvgIpc) is 3.24. The molecule has 0 fully saturated rings. The fourth-order valence-corrected chi connectivity index (χ4v) is 3.49. The van der Waals surface area contributed by atoms with Gasteiger partial charge in [0.05, 0.1) is 24.2 Å². The molecule has 2 aromatic heterocycles. The van der Waals surface area contributed by atoms with Crippen LogP contribution in [0.2, 0.25) is 0 Å². The zero-order valence-corrected chi connectivity index (χ0v) is 17.8. The van der Waals surface area contributed by atoms with E-state index in [9.17, 15) is 19.7 Å². The minimum Gasteiger partial charge on any atom is -0.354 e. The standard InChI is InChI=1S/C23H22N6O4/c30-21(11-8-17-4-2-1-3-5-17)24-12-13-28-22-20(14-26-28)23(31)27(16-25-22)15-18-6-9-19(10-7-18)29(32)33/h1-7,9-10,14,16H,8,11-13,15H2,(H,24,30). The first kappa shape index (κ1) is 21.9. The highest BCUT2D eigenvalue weighted by atomic mass is 16.6. The van der Waals surface area contributed by atoms with Crippen LogP contribution in [0.25, 0.3) is 11.0 Å². The molecule has 0 bridgehead atoms. The molecule has 4 aromatic rings. The SMILES string of the molecule is O=C(CCc1ccccc1)NCCn1ncc2c(=O)n(Cc3ccc([N+](=O)[O-])cc3)cnc21. The van der Waals surface area contributed by atoms with Crippen molar-refractivity contribution in [1.29, 1.82) is 0 Å². The van der Waals surface area contributed by atoms with Crippen LogP contribution in [0.3, 0.4) is 0 Å². The smallest absolute Gasteiger partial charge is 0.269 e. The second-order valence-corrected chi connectivity index (χ2v) is 7.54. The highest BCUT2D eigenvalue weighted by Crippen LogP contribution is 2.13. The summed E-state index contributed by atoms with van der Waals surface area (Å²) in [5.41, 5.74) is 2.04. The monoisotopic (exact) mass is 446 g/mol. The predicted octanol–water partition coefficient (Wildman–Crippen LogP) is 2.30. The summed E-state index contributed by atoms with van der Waals surface area (Å²) in [6.07, 6.45) is 3.97. The van der Waals surface area contributed by atoms with Gasteiger partial charge in [0.25, 0.3) is 11.2 Å². The van der Waals surface area contributed by atoms with Crippen molar-refractivity contribution in [2.45, 2.75) is 25.9 Å². The minimum atomic E-state index is -0.469. The maximum absolute atomic E-state index is 12.8. The Kier molecular flexibility index (Phi) is 6.53. The number of aromatic nitrogens is 4. The number of nitro groups is 1. The van der Waals surface area contributed by atoms with Gasteiger partial charge in [-0.05, 0) is 17.5 Å². The maximum Gasteiger partial charge on any atom is 0.269 e. The summed E-state index contributed by atoms with van der Waals surface area (Å²) in [5.74, 6) is -0.0475. The van der Waals surface area contributed by atoms with Crippen molar-refractivity contribution in [2.75, 3.05) is 6.54 Å². The van der Waals surface area contributed by atoms with Crippen LogP contribution >= 0.6 is 0 Å². The molecule has 0 saturated carbocycles. The van der Waals surface area contributed by atoms with Gasteiger partial charge in [-0.1, -0.05) is 42.5 Å². The third-order valence-electron chi connectivity index (χ3n) is 5.25. The number of nitro benzene ring substituents is 1. The molecule has 0 spiro atoms. The summed E-state index contributed by atoms with van der Waals surface area (Å²) in [7, 11) is 0. The fraction of sp³-hybridized carbons (Fsp3) is 0.217. The molecule has 0 radical (unpaired) electrons. The second-order valence-electron chi connectivity index (χ2n) is 7.54. The van der Waals surface area contributed by atoms with Gasteiger partial charge in [0, 0.05) is 25.1 Å². The Hall–Kier alpha value is -4.34. The zero-order valence-electron chi connectivity index (χ0n) is 17.8. The van der Waals surface area contributed by atoms with E-state index in [0.717, 1.165) is 11.1 Å². The van der Waals surface area contributed by atoms with E-state index in [2.05, 4.69) is 15.4 Å². The quantitative estimate of drug-likeness (QED) is 0.311. The molecule has 0 aliphatic carbocycles. The predicted molar refractivity (Wildman–Crippen MR) is 122 cm³/mol. The van der Waals surface area contributed by atoms with Crippen molar-refractivity contribution < 1.29 is 9.72 Å². The molecule has 33 heavy (non-hydrogen) atoms. The molecule has 10 nitrogen and oxygen atoms in total. The molecule has 2 aromatic carbocycles. The third kappa shape index (κ3) is 5.29. The summed E-state index contributed by atoms with van der Waals surface area (Å²) in [4.78, 5) is 39.6. The van der Waals surface area contributed by atoms with Crippen molar-refractivity contribution in [1.82, 2.24) is 24.6 Å². The van der Waals surface area contributed by atoms with Crippen molar-refractivity contribution >= 4 is 22.6 Å². The lowest BCUT2D eigenvalue weighted by Gasteiger charge is -2.08. The van der Waals surface area contributed by atoms with E-state index in [-0.39, 0.29) is 23.7 Å². The maximum atomic E-state index is 12.8. The Morgan fingerprint density at radius 2 is 1.82 bits per heavy atom. The van der Waals surface area contributed by atoms with Gasteiger partial charge in [0.1, 0.15) is 11.7 Å². The number of fused-ring (bicyclic) bond motifs is 1. The van der Waals surface area contributed by atoms with E-state index >= 15 is 0 Å². The highest BCUT2D eigenvalue weighted by Gasteiger charge is 2.12. The summed E-state index contributed by atoms with van der Waals surface area (Å²) >= 11 is 0. The van der Waals surface area contributed by atoms with E-state index in [1.54, 1.807) is 16.8 Å². The fourth-order valence-electron chi connectivity index (χ4n) is 3.49. The van der Waals surface area contributed by atoms with Gasteiger partial charge >= 0.3 is 0 Å². The molecular formula is C23H22N6O4. The summed E-state index contributed by atoms with van der Waals surface area (Å²) in [6, 6.07) is 15.8. The minimum absolute atomic E-state index is 0.00638. The Balaban J connectivity index is 1.36. The number of aryl methyl sites for hydroxylation is 1. The Bertz CT molecular complexity index is 1330. The number of benzene rings is 2. The Morgan fingerprint density at radius 1 is 1.06 bits per heavy atom. The van der Waals surface area contributed by atoms with Crippen LogP contribution in [-0.4, -0.2) is 36.7 Å². The number of non-ortho nitro benzene ring substituents is 1. The summed E-state index contributed by atoms with van der Waals surface area (Å²) in [6.45, 7) is 1.000. The molecule has 168 valence electrons. The molecule has 1 N–H and O–H groups in total. The number of rotatable bonds is 9. The number of hydrogen-bond acceptors (Lipinski definition) is 6. The van der Waals surface area contributed by atoms with Crippen LogP contribution in [0.5, 0.6) is 0 Å². The Morgan fingerprint density at radius 3 is 2.55 bits per heavy atom. The lowest BCUT2D eigenvalue weighted by Crippen LogP contribution is -2.28. The van der Waals surface area contributed by atoms with Crippen LogP contribution in [-0.2, 0) is 24.3 Å². The van der Waals surface area contributed by atoms with E-state index in [1.165, 1.54) is 29.2 Å². The first-order valence-corrected chi connectivity index (χ1v) is 10.5. The van der Waals surface area contributed by atoms with Crippen molar-refractivity contribution in [3.05, 3.63) is 98.7 Å². The first-order valence-electron chi connectivity index (χ1n) is 10.5. The number of carbonyl (C=O) groups excluding carboxylic acids is 1. The zero-order chi connectivity index (χ0) is 23.2. The van der Waals surface area contributed by atoms with E-state index in [1.807, 2.05) is 30.3 Å². The topological polar surface area (TPSA) is 125 Å². The van der Waals surface area contributed by atoms with Gasteiger partial charge in [-0.15, -0.1) is 0 Å². The third-order valence-corrected chi connectivity index (χ3v) is 5.25. The molecule has 0 aliphatic rings. The first-order chi connectivity index (χ1) is 16.0. The molecular weight excluding hydrogens is 424 g/mol. The van der Waals surface area contributed by atoms with Crippen LogP contribution in [0.15, 0.2) is 71.9 Å². The molecule has 4 rings (SSSR count). The van der Waals surface area contributed by atoms with Gasteiger partial charge < -0.3 is 5.32 Å². The molecule has 10 heteroatoms. The summed E-state index contributed by atoms with van der Waals surface area (Å²) in [5, 5.41) is 18.3. The number of amides is 1. The van der Waals surface area contributed by atoms with Gasteiger partial charge in [-0.2, -0.15) is 5.10 Å². The van der Waals surface area contributed by atoms with Crippen molar-refractivity contribution in [3.8, 4) is 0 Å². The lowest BCUT2D eigenvalue weighted by atomic mass is 10.1. The molecule has 0 saturated heterocycles. The largest absolute Gasteiger partial charge is 0.354 e. The van der Waals surface area contributed by atoms with E-state index in [4.69, 9.17) is 0 Å². The van der Waals surface area contributed by atoms with Crippen LogP contribution in [0.4, 0.5) is 5.69 Å². The van der Waals surface area contributed by atoms with Crippen LogP contribution in [0, 0.1) is 10.1 Å². The van der Waals surface area contributed by atoms with Gasteiger partial charge in [-0.3, -0.25) is 24.3 Å². The normalized spacial score (nSPS) is 10.9. The molecule has 2 heterocycles. The number of nitrogens with zero attached hydrogens (tertiary/aromatic N) is 5. The molecule has 1 amide bonds. The van der Waals surface area contributed by atoms with E-state index in [0.29, 0.717) is 37.0 Å². The van der Waals surface area contributed by atoms with Gasteiger partial charge in [0.2, 0.25) is 5.91 Å². The highest BCUT2D eigenvalue weighted by molar-refractivity contribution is 5.76. The van der Waals surface area contributed by atoms with Gasteiger partial charge in [-0.25, -0.2) is 9.67 Å². The van der Waals surface area contributed by atoms with E-state index < -0.39 is 4.92 Å². The second kappa shape index (κ2) is 9.86. The average molecular weight is 446 g/mol. The number of nitrogens with one attached hydrogen (secondary N) is 1. The van der Waals surface area contributed by atoms with Crippen molar-refractivity contribution in [2.24, 2.45) is 0 Å². The van der Waals surface area contributed by atoms with Gasteiger partial charge in [0.15, 0.2) is 5.65 Å². The van der Waals surface area contributed by atoms with Crippen LogP contribution in [0.1, 0.15) is 17.5 Å². The number of carbonyl (C=O) groups is 1. The lowest BCUT2D eigenvalue weighted by molar-refractivity contribution is -0.384. The van der Waals surface area contributed by atoms with Crippen molar-refractivity contribution in [3.63, 3.8) is 0 Å². The van der Waals surface area contributed by atoms with Crippen LogP contribution < -0.4 is 10.9 Å². The molecule has 0 atom stereocenters. The number of hydrogen-bond donors (Lipinski definition) is 1. The summed E-state index contributed by atoms with van der Waals surface area (Å²) < 4.78 is 3.02.